The summed E-state index contributed by atoms with van der Waals surface area (Å²) in [5, 5.41) is 9.29. The molecule has 0 aromatic heterocycles. The molecule has 2 amide bonds. The highest BCUT2D eigenvalue weighted by molar-refractivity contribution is 5.84. The lowest BCUT2D eigenvalue weighted by atomic mass is 10.0. The van der Waals surface area contributed by atoms with Gasteiger partial charge in [-0.1, -0.05) is 6.92 Å². The summed E-state index contributed by atoms with van der Waals surface area (Å²) in [6.45, 7) is 7.80. The van der Waals surface area contributed by atoms with Gasteiger partial charge in [0.1, 0.15) is 6.04 Å². The number of urea groups is 1. The van der Waals surface area contributed by atoms with Crippen molar-refractivity contribution in [2.75, 3.05) is 26.3 Å². The molecule has 1 N–H and O–H groups in total. The van der Waals surface area contributed by atoms with Crippen molar-refractivity contribution in [3.05, 3.63) is 0 Å². The number of carbonyl (C=O) groups is 2. The van der Waals surface area contributed by atoms with Crippen LogP contribution in [0.2, 0.25) is 0 Å². The second-order valence-corrected chi connectivity index (χ2v) is 6.04. The summed E-state index contributed by atoms with van der Waals surface area (Å²) in [6.07, 6.45) is 0.744. The summed E-state index contributed by atoms with van der Waals surface area (Å²) < 4.78 is 5.39. The van der Waals surface area contributed by atoms with Crippen LogP contribution >= 0.6 is 0 Å². The van der Waals surface area contributed by atoms with E-state index in [-0.39, 0.29) is 17.5 Å². The Labute approximate surface area is 113 Å². The van der Waals surface area contributed by atoms with Crippen LogP contribution in [0.1, 0.15) is 27.2 Å². The number of hydrogen-bond acceptors (Lipinski definition) is 3. The normalized spacial score (nSPS) is 30.5. The van der Waals surface area contributed by atoms with E-state index in [2.05, 4.69) is 0 Å². The minimum Gasteiger partial charge on any atom is -0.480 e. The number of morpholine rings is 1. The molecule has 19 heavy (non-hydrogen) atoms. The predicted octanol–water partition coefficient (Wildman–Crippen LogP) is 1.01. The monoisotopic (exact) mass is 270 g/mol. The van der Waals surface area contributed by atoms with Crippen molar-refractivity contribution in [3.8, 4) is 0 Å². The molecule has 2 aliphatic rings. The summed E-state index contributed by atoms with van der Waals surface area (Å²) in [6, 6.07) is -0.879. The number of rotatable bonds is 1. The van der Waals surface area contributed by atoms with Gasteiger partial charge in [0.15, 0.2) is 0 Å². The molecule has 0 spiro atoms. The van der Waals surface area contributed by atoms with Gasteiger partial charge >= 0.3 is 12.0 Å². The zero-order valence-electron chi connectivity index (χ0n) is 11.8. The molecular formula is C13H22N2O4. The molecule has 2 atom stereocenters. The zero-order chi connectivity index (χ0) is 14.2. The lowest BCUT2D eigenvalue weighted by molar-refractivity contribution is -0.142. The fourth-order valence-electron chi connectivity index (χ4n) is 2.91. The van der Waals surface area contributed by atoms with Crippen molar-refractivity contribution in [3.63, 3.8) is 0 Å². The van der Waals surface area contributed by atoms with E-state index in [1.54, 1.807) is 4.90 Å². The number of nitrogens with zero attached hydrogens (tertiary/aromatic N) is 2. The van der Waals surface area contributed by atoms with E-state index < -0.39 is 12.0 Å². The minimum atomic E-state index is -0.913. The van der Waals surface area contributed by atoms with Gasteiger partial charge in [0.05, 0.1) is 18.8 Å². The molecule has 2 aliphatic heterocycles. The van der Waals surface area contributed by atoms with Gasteiger partial charge in [0.25, 0.3) is 0 Å². The van der Waals surface area contributed by atoms with E-state index in [0.717, 1.165) is 6.42 Å². The maximum absolute atomic E-state index is 12.6. The molecule has 2 fully saturated rings. The van der Waals surface area contributed by atoms with Gasteiger partial charge in [0, 0.05) is 13.1 Å². The molecular weight excluding hydrogens is 248 g/mol. The van der Waals surface area contributed by atoms with E-state index >= 15 is 0 Å². The average Bonchev–Trinajstić information content (AvgIpc) is 2.70. The maximum atomic E-state index is 12.6. The summed E-state index contributed by atoms with van der Waals surface area (Å²) in [5.74, 6) is -0.907. The minimum absolute atomic E-state index is 0.00519. The van der Waals surface area contributed by atoms with E-state index in [1.807, 2.05) is 20.8 Å². The Balaban J connectivity index is 2.17. The van der Waals surface area contributed by atoms with Crippen LogP contribution in [-0.2, 0) is 9.53 Å². The maximum Gasteiger partial charge on any atom is 0.326 e. The first-order valence-electron chi connectivity index (χ1n) is 6.73. The first-order chi connectivity index (χ1) is 8.84. The van der Waals surface area contributed by atoms with Gasteiger partial charge < -0.3 is 19.6 Å². The molecule has 0 radical (unpaired) electrons. The summed E-state index contributed by atoms with van der Waals surface area (Å²) >= 11 is 0. The molecule has 0 aromatic carbocycles. The molecule has 0 bridgehead atoms. The predicted molar refractivity (Wildman–Crippen MR) is 68.9 cm³/mol. The van der Waals surface area contributed by atoms with E-state index in [4.69, 9.17) is 4.74 Å². The smallest absolute Gasteiger partial charge is 0.326 e. The van der Waals surface area contributed by atoms with Crippen molar-refractivity contribution in [2.24, 2.45) is 5.92 Å². The zero-order valence-corrected chi connectivity index (χ0v) is 11.8. The van der Waals surface area contributed by atoms with Gasteiger partial charge in [-0.25, -0.2) is 9.59 Å². The topological polar surface area (TPSA) is 70.1 Å². The van der Waals surface area contributed by atoms with Crippen LogP contribution in [0, 0.1) is 5.92 Å². The first kappa shape index (κ1) is 14.1. The molecule has 2 unspecified atom stereocenters. The van der Waals surface area contributed by atoms with Gasteiger partial charge in [-0.3, -0.25) is 0 Å². The molecule has 6 heteroatoms. The standard InChI is InChI=1S/C13H22N2O4/c1-9-4-5-14(10(9)11(16)17)12(18)15-6-7-19-8-13(15,2)3/h9-10H,4-8H2,1-3H3,(H,16,17). The van der Waals surface area contributed by atoms with Crippen molar-refractivity contribution >= 4 is 12.0 Å². The molecule has 0 aromatic rings. The number of hydrogen-bond donors (Lipinski definition) is 1. The van der Waals surface area contributed by atoms with Crippen LogP contribution in [0.25, 0.3) is 0 Å². The second-order valence-electron chi connectivity index (χ2n) is 6.04. The van der Waals surface area contributed by atoms with Crippen molar-refractivity contribution in [1.82, 2.24) is 9.80 Å². The van der Waals surface area contributed by atoms with Crippen LogP contribution in [0.15, 0.2) is 0 Å². The quantitative estimate of drug-likeness (QED) is 0.772. The lowest BCUT2D eigenvalue weighted by Gasteiger charge is -2.44. The highest BCUT2D eigenvalue weighted by Gasteiger charge is 2.44. The number of carboxylic acid groups (broad SMARTS) is 1. The number of carbonyl (C=O) groups excluding carboxylic acids is 1. The van der Waals surface area contributed by atoms with Gasteiger partial charge in [-0.05, 0) is 26.2 Å². The molecule has 2 saturated heterocycles. The summed E-state index contributed by atoms with van der Waals surface area (Å²) in [7, 11) is 0. The lowest BCUT2D eigenvalue weighted by Crippen LogP contribution is -2.60. The van der Waals surface area contributed by atoms with Crippen LogP contribution in [0.4, 0.5) is 4.79 Å². The van der Waals surface area contributed by atoms with E-state index in [1.165, 1.54) is 4.90 Å². The third-order valence-electron chi connectivity index (χ3n) is 4.07. The number of amides is 2. The second kappa shape index (κ2) is 5.00. The van der Waals surface area contributed by atoms with E-state index in [0.29, 0.717) is 26.3 Å². The van der Waals surface area contributed by atoms with Crippen LogP contribution in [0.3, 0.4) is 0 Å². The molecule has 108 valence electrons. The molecule has 0 aliphatic carbocycles. The average molecular weight is 270 g/mol. The third kappa shape index (κ3) is 2.54. The Kier molecular flexibility index (Phi) is 3.71. The Hall–Kier alpha value is -1.30. The van der Waals surface area contributed by atoms with Gasteiger partial charge in [-0.15, -0.1) is 0 Å². The SMILES string of the molecule is CC1CCN(C(=O)N2CCOCC2(C)C)C1C(=O)O. The van der Waals surface area contributed by atoms with Crippen molar-refractivity contribution < 1.29 is 19.4 Å². The number of likely N-dealkylation sites (tertiary alicyclic amines) is 1. The van der Waals surface area contributed by atoms with Crippen molar-refractivity contribution in [1.29, 1.82) is 0 Å². The van der Waals surface area contributed by atoms with Gasteiger partial charge in [-0.2, -0.15) is 0 Å². The van der Waals surface area contributed by atoms with Gasteiger partial charge in [0.2, 0.25) is 0 Å². The fourth-order valence-corrected chi connectivity index (χ4v) is 2.91. The first-order valence-corrected chi connectivity index (χ1v) is 6.73. The number of ether oxygens (including phenoxy) is 1. The van der Waals surface area contributed by atoms with Crippen LogP contribution in [0.5, 0.6) is 0 Å². The number of aliphatic carboxylic acids is 1. The van der Waals surface area contributed by atoms with Crippen molar-refractivity contribution in [2.45, 2.75) is 38.8 Å². The molecule has 2 heterocycles. The summed E-state index contributed by atoms with van der Waals surface area (Å²) in [4.78, 5) is 27.2. The van der Waals surface area contributed by atoms with E-state index in [9.17, 15) is 14.7 Å². The van der Waals surface area contributed by atoms with Crippen LogP contribution in [-0.4, -0.2) is 64.8 Å². The fraction of sp³-hybridized carbons (Fsp3) is 0.846. The molecule has 0 saturated carbocycles. The highest BCUT2D eigenvalue weighted by atomic mass is 16.5. The Morgan fingerprint density at radius 3 is 2.58 bits per heavy atom. The Morgan fingerprint density at radius 2 is 2.00 bits per heavy atom. The molecule has 6 nitrogen and oxygen atoms in total. The Morgan fingerprint density at radius 1 is 1.32 bits per heavy atom. The largest absolute Gasteiger partial charge is 0.480 e. The highest BCUT2D eigenvalue weighted by Crippen LogP contribution is 2.28. The van der Waals surface area contributed by atoms with Crippen LogP contribution < -0.4 is 0 Å². The summed E-state index contributed by atoms with van der Waals surface area (Å²) in [5.41, 5.74) is -0.385. The number of carboxylic acids is 1. The molecule has 2 rings (SSSR count). The third-order valence-corrected chi connectivity index (χ3v) is 4.07. The Bertz CT molecular complexity index is 383.